The van der Waals surface area contributed by atoms with Crippen molar-refractivity contribution in [3.8, 4) is 16.9 Å². The fraction of sp³-hybridized carbons (Fsp3) is 0. The van der Waals surface area contributed by atoms with Crippen LogP contribution in [0.5, 0.6) is 0 Å². The summed E-state index contributed by atoms with van der Waals surface area (Å²) in [6.07, 6.45) is 0. The van der Waals surface area contributed by atoms with E-state index in [1.54, 1.807) is 36.4 Å². The number of nitrogens with two attached hydrogens (primary N) is 1. The Morgan fingerprint density at radius 3 is 2.38 bits per heavy atom. The average Bonchev–Trinajstić information content (AvgIpc) is 2.81. The molecule has 0 saturated heterocycles. The highest BCUT2D eigenvalue weighted by Crippen LogP contribution is 2.31. The molecule has 3 nitrogen and oxygen atoms in total. The van der Waals surface area contributed by atoms with Gasteiger partial charge >= 0.3 is 0 Å². The molecular formula is C15H10Cl2FN3. The van der Waals surface area contributed by atoms with E-state index in [0.29, 0.717) is 27.2 Å². The van der Waals surface area contributed by atoms with Gasteiger partial charge in [0, 0.05) is 16.7 Å². The van der Waals surface area contributed by atoms with Crippen LogP contribution in [0.25, 0.3) is 16.9 Å². The summed E-state index contributed by atoms with van der Waals surface area (Å²) >= 11 is 12.0. The molecule has 2 aromatic carbocycles. The molecule has 106 valence electrons. The molecule has 1 aromatic heterocycles. The highest BCUT2D eigenvalue weighted by Gasteiger charge is 2.12. The first-order valence-electron chi connectivity index (χ1n) is 6.11. The fourth-order valence-corrected chi connectivity index (χ4v) is 2.52. The summed E-state index contributed by atoms with van der Waals surface area (Å²) in [5, 5.41) is 5.45. The van der Waals surface area contributed by atoms with E-state index in [-0.39, 0.29) is 5.82 Å². The van der Waals surface area contributed by atoms with Crippen molar-refractivity contribution in [1.82, 2.24) is 9.78 Å². The molecule has 3 aromatic rings. The van der Waals surface area contributed by atoms with Crippen molar-refractivity contribution >= 4 is 29.0 Å². The summed E-state index contributed by atoms with van der Waals surface area (Å²) in [7, 11) is 0. The third-order valence-corrected chi connectivity index (χ3v) is 3.56. The van der Waals surface area contributed by atoms with Gasteiger partial charge in [0.2, 0.25) is 0 Å². The average molecular weight is 322 g/mol. The van der Waals surface area contributed by atoms with Gasteiger partial charge in [-0.2, -0.15) is 5.10 Å². The number of aromatic nitrogens is 2. The Bertz CT molecular complexity index is 797. The van der Waals surface area contributed by atoms with Gasteiger partial charge < -0.3 is 5.73 Å². The molecule has 0 radical (unpaired) electrons. The molecule has 3 rings (SSSR count). The van der Waals surface area contributed by atoms with Crippen molar-refractivity contribution < 1.29 is 4.39 Å². The molecule has 0 aliphatic carbocycles. The van der Waals surface area contributed by atoms with Gasteiger partial charge in [0.1, 0.15) is 11.6 Å². The maximum absolute atomic E-state index is 13.0. The second-order valence-corrected chi connectivity index (χ2v) is 5.31. The zero-order valence-corrected chi connectivity index (χ0v) is 12.2. The Hall–Kier alpha value is -2.04. The number of nitrogen functional groups attached to an aromatic ring is 1. The van der Waals surface area contributed by atoms with E-state index >= 15 is 0 Å². The quantitative estimate of drug-likeness (QED) is 0.751. The molecule has 0 bridgehead atoms. The van der Waals surface area contributed by atoms with Crippen molar-refractivity contribution in [3.05, 3.63) is 64.4 Å². The Balaban J connectivity index is 2.07. The normalized spacial score (nSPS) is 10.8. The van der Waals surface area contributed by atoms with Crippen LogP contribution in [0, 0.1) is 5.82 Å². The van der Waals surface area contributed by atoms with Crippen LogP contribution >= 0.6 is 23.2 Å². The summed E-state index contributed by atoms with van der Waals surface area (Å²) in [6, 6.07) is 12.8. The molecule has 0 amide bonds. The molecule has 0 aliphatic rings. The van der Waals surface area contributed by atoms with Crippen LogP contribution in [-0.2, 0) is 0 Å². The van der Waals surface area contributed by atoms with Gasteiger partial charge in [-0.1, -0.05) is 23.2 Å². The fourth-order valence-electron chi connectivity index (χ4n) is 2.01. The van der Waals surface area contributed by atoms with Crippen LogP contribution < -0.4 is 5.73 Å². The maximum Gasteiger partial charge on any atom is 0.127 e. The molecule has 0 aliphatic heterocycles. The molecule has 0 spiro atoms. The minimum Gasteiger partial charge on any atom is -0.384 e. The summed E-state index contributed by atoms with van der Waals surface area (Å²) in [6.45, 7) is 0. The molecular weight excluding hydrogens is 312 g/mol. The summed E-state index contributed by atoms with van der Waals surface area (Å²) in [4.78, 5) is 0. The monoisotopic (exact) mass is 321 g/mol. The maximum atomic E-state index is 13.0. The number of rotatable bonds is 2. The van der Waals surface area contributed by atoms with Crippen molar-refractivity contribution in [1.29, 1.82) is 0 Å². The van der Waals surface area contributed by atoms with Crippen LogP contribution in [0.15, 0.2) is 48.5 Å². The Kier molecular flexibility index (Phi) is 3.57. The SMILES string of the molecule is Nc1cc(-c2ccc(Cl)cc2Cl)nn1-c1ccc(F)cc1. The summed E-state index contributed by atoms with van der Waals surface area (Å²) in [5.74, 6) is 0.119. The lowest BCUT2D eigenvalue weighted by molar-refractivity contribution is 0.627. The molecule has 0 unspecified atom stereocenters. The number of halogens is 3. The van der Waals surface area contributed by atoms with Crippen molar-refractivity contribution in [2.45, 2.75) is 0 Å². The summed E-state index contributed by atoms with van der Waals surface area (Å²) < 4.78 is 14.5. The van der Waals surface area contributed by atoms with Gasteiger partial charge in [0.25, 0.3) is 0 Å². The molecule has 2 N–H and O–H groups in total. The lowest BCUT2D eigenvalue weighted by atomic mass is 10.1. The van der Waals surface area contributed by atoms with Crippen LogP contribution in [0.2, 0.25) is 10.0 Å². The van der Waals surface area contributed by atoms with Gasteiger partial charge in [-0.25, -0.2) is 9.07 Å². The van der Waals surface area contributed by atoms with E-state index in [0.717, 1.165) is 5.56 Å². The topological polar surface area (TPSA) is 43.8 Å². The van der Waals surface area contributed by atoms with E-state index in [2.05, 4.69) is 5.10 Å². The van der Waals surface area contributed by atoms with Crippen LogP contribution in [-0.4, -0.2) is 9.78 Å². The van der Waals surface area contributed by atoms with Crippen molar-refractivity contribution in [3.63, 3.8) is 0 Å². The van der Waals surface area contributed by atoms with E-state index in [1.165, 1.54) is 16.8 Å². The molecule has 21 heavy (non-hydrogen) atoms. The van der Waals surface area contributed by atoms with Crippen LogP contribution in [0.4, 0.5) is 10.2 Å². The van der Waals surface area contributed by atoms with E-state index < -0.39 is 0 Å². The number of nitrogens with zero attached hydrogens (tertiary/aromatic N) is 2. The molecule has 0 atom stereocenters. The van der Waals surface area contributed by atoms with Gasteiger partial charge in [-0.05, 0) is 42.5 Å². The van der Waals surface area contributed by atoms with Gasteiger partial charge in [-0.3, -0.25) is 0 Å². The molecule has 0 fully saturated rings. The molecule has 0 saturated carbocycles. The summed E-state index contributed by atoms with van der Waals surface area (Å²) in [5.41, 5.74) is 7.99. The first-order chi connectivity index (χ1) is 10.0. The minimum atomic E-state index is -0.314. The third-order valence-electron chi connectivity index (χ3n) is 3.02. The lowest BCUT2D eigenvalue weighted by Gasteiger charge is -2.03. The highest BCUT2D eigenvalue weighted by atomic mass is 35.5. The molecule has 6 heteroatoms. The van der Waals surface area contributed by atoms with Gasteiger partial charge in [0.15, 0.2) is 0 Å². The van der Waals surface area contributed by atoms with Crippen molar-refractivity contribution in [2.24, 2.45) is 0 Å². The zero-order valence-electron chi connectivity index (χ0n) is 10.7. The Morgan fingerprint density at radius 2 is 1.71 bits per heavy atom. The van der Waals surface area contributed by atoms with E-state index in [1.807, 2.05) is 0 Å². The second-order valence-electron chi connectivity index (χ2n) is 4.47. The van der Waals surface area contributed by atoms with Gasteiger partial charge in [0.05, 0.1) is 16.4 Å². The third kappa shape index (κ3) is 2.73. The largest absolute Gasteiger partial charge is 0.384 e. The minimum absolute atomic E-state index is 0.314. The Morgan fingerprint density at radius 1 is 1.00 bits per heavy atom. The molecule has 1 heterocycles. The van der Waals surface area contributed by atoms with Gasteiger partial charge in [-0.15, -0.1) is 0 Å². The lowest BCUT2D eigenvalue weighted by Crippen LogP contribution is -2.01. The second kappa shape index (κ2) is 5.39. The van der Waals surface area contributed by atoms with E-state index in [4.69, 9.17) is 28.9 Å². The predicted octanol–water partition coefficient (Wildman–Crippen LogP) is 4.57. The number of hydrogen-bond acceptors (Lipinski definition) is 2. The standard InChI is InChI=1S/C15H10Cl2FN3/c16-9-1-6-12(13(17)7-9)14-8-15(19)21(20-14)11-4-2-10(18)3-5-11/h1-8H,19H2. The van der Waals surface area contributed by atoms with Crippen molar-refractivity contribution in [2.75, 3.05) is 5.73 Å². The zero-order chi connectivity index (χ0) is 15.0. The predicted molar refractivity (Wildman–Crippen MR) is 83.4 cm³/mol. The van der Waals surface area contributed by atoms with Crippen LogP contribution in [0.1, 0.15) is 0 Å². The van der Waals surface area contributed by atoms with Crippen LogP contribution in [0.3, 0.4) is 0 Å². The smallest absolute Gasteiger partial charge is 0.127 e. The Labute approximate surface area is 130 Å². The number of anilines is 1. The number of hydrogen-bond donors (Lipinski definition) is 1. The highest BCUT2D eigenvalue weighted by molar-refractivity contribution is 6.36. The van der Waals surface area contributed by atoms with E-state index in [9.17, 15) is 4.39 Å². The first-order valence-corrected chi connectivity index (χ1v) is 6.87. The first kappa shape index (κ1) is 13.9. The number of benzene rings is 2.